The Balaban J connectivity index is 2.17. The Morgan fingerprint density at radius 1 is 1.44 bits per heavy atom. The van der Waals surface area contributed by atoms with Crippen LogP contribution in [0.15, 0.2) is 18.2 Å². The topological polar surface area (TPSA) is 21.8 Å². The summed E-state index contributed by atoms with van der Waals surface area (Å²) in [7, 11) is 0. The highest BCUT2D eigenvalue weighted by molar-refractivity contribution is 5.26. The van der Waals surface area contributed by atoms with Crippen LogP contribution in [0.25, 0.3) is 0 Å². The van der Waals surface area contributed by atoms with E-state index in [0.29, 0.717) is 6.61 Å². The van der Waals surface area contributed by atoms with E-state index in [2.05, 4.69) is 0 Å². The molecule has 0 bridgehead atoms. The van der Waals surface area contributed by atoms with E-state index >= 15 is 0 Å². The van der Waals surface area contributed by atoms with E-state index in [0.717, 1.165) is 18.2 Å². The maximum atomic E-state index is 13.0. The molecule has 1 saturated heterocycles. The van der Waals surface area contributed by atoms with Crippen molar-refractivity contribution in [1.82, 2.24) is 0 Å². The summed E-state index contributed by atoms with van der Waals surface area (Å²) in [6.07, 6.45) is -6.82. The number of ether oxygens (including phenoxy) is 2. The number of alkyl halides is 3. The lowest BCUT2D eigenvalue weighted by molar-refractivity contribution is -0.224. The fourth-order valence-corrected chi connectivity index (χ4v) is 1.58. The first-order valence-electron chi connectivity index (χ1n) is 5.44. The second kappa shape index (κ2) is 4.85. The first kappa shape index (κ1) is 13.3. The van der Waals surface area contributed by atoms with E-state index in [9.17, 15) is 17.6 Å². The molecule has 0 unspecified atom stereocenters. The zero-order valence-electron chi connectivity index (χ0n) is 9.63. The molecular weight excluding hydrogens is 252 g/mol. The molecule has 18 heavy (non-hydrogen) atoms. The standard InChI is InChI=1S/C12H12F4O2/c1-7-4-8(2-3-10(7)13)11(12(14,15)16)18-6-9-5-17-9/h2-4,9,11H,5-6H2,1H3/t9-,11-/m0/s1. The Bertz CT molecular complexity index is 427. The molecule has 0 aromatic heterocycles. The van der Waals surface area contributed by atoms with Crippen LogP contribution in [-0.4, -0.2) is 25.5 Å². The van der Waals surface area contributed by atoms with Crippen molar-refractivity contribution < 1.29 is 27.0 Å². The minimum atomic E-state index is -4.53. The van der Waals surface area contributed by atoms with Gasteiger partial charge < -0.3 is 9.47 Å². The maximum Gasteiger partial charge on any atom is 0.418 e. The molecule has 6 heteroatoms. The first-order chi connectivity index (χ1) is 8.38. The van der Waals surface area contributed by atoms with Gasteiger partial charge in [-0.1, -0.05) is 12.1 Å². The molecule has 100 valence electrons. The molecule has 0 amide bonds. The lowest BCUT2D eigenvalue weighted by Gasteiger charge is -2.21. The van der Waals surface area contributed by atoms with E-state index in [1.165, 1.54) is 6.92 Å². The van der Waals surface area contributed by atoms with E-state index in [1.54, 1.807) is 0 Å². The molecule has 1 fully saturated rings. The molecule has 2 rings (SSSR count). The number of hydrogen-bond acceptors (Lipinski definition) is 2. The van der Waals surface area contributed by atoms with E-state index in [4.69, 9.17) is 9.47 Å². The van der Waals surface area contributed by atoms with Crippen LogP contribution >= 0.6 is 0 Å². The normalized spacial score (nSPS) is 20.8. The molecule has 1 aromatic rings. The average Bonchev–Trinajstić information content (AvgIpc) is 3.05. The van der Waals surface area contributed by atoms with E-state index in [-0.39, 0.29) is 23.8 Å². The van der Waals surface area contributed by atoms with Crippen LogP contribution in [0.4, 0.5) is 17.6 Å². The summed E-state index contributed by atoms with van der Waals surface area (Å²) in [5.41, 5.74) is 0.0649. The third kappa shape index (κ3) is 3.20. The summed E-state index contributed by atoms with van der Waals surface area (Å²) < 4.78 is 61.2. The molecule has 1 aliphatic heterocycles. The zero-order chi connectivity index (χ0) is 13.3. The molecule has 1 aliphatic rings. The highest BCUT2D eigenvalue weighted by Gasteiger charge is 2.43. The van der Waals surface area contributed by atoms with Crippen molar-refractivity contribution in [3.05, 3.63) is 35.1 Å². The molecule has 2 nitrogen and oxygen atoms in total. The average molecular weight is 264 g/mol. The Hall–Kier alpha value is -1.14. The van der Waals surface area contributed by atoms with Crippen molar-refractivity contribution in [2.75, 3.05) is 13.2 Å². The summed E-state index contributed by atoms with van der Waals surface area (Å²) >= 11 is 0. The number of halogens is 4. The summed E-state index contributed by atoms with van der Waals surface area (Å²) in [6.45, 7) is 1.73. The number of aryl methyl sites for hydroxylation is 1. The van der Waals surface area contributed by atoms with Crippen LogP contribution in [0.3, 0.4) is 0 Å². The van der Waals surface area contributed by atoms with Crippen molar-refractivity contribution in [2.45, 2.75) is 25.3 Å². The van der Waals surface area contributed by atoms with Crippen LogP contribution in [0.1, 0.15) is 17.2 Å². The lowest BCUT2D eigenvalue weighted by Crippen LogP contribution is -2.25. The highest BCUT2D eigenvalue weighted by atomic mass is 19.4. The van der Waals surface area contributed by atoms with E-state index < -0.39 is 18.1 Å². The quantitative estimate of drug-likeness (QED) is 0.615. The van der Waals surface area contributed by atoms with Gasteiger partial charge in [0.2, 0.25) is 0 Å². The van der Waals surface area contributed by atoms with Gasteiger partial charge in [0.1, 0.15) is 11.9 Å². The van der Waals surface area contributed by atoms with Gasteiger partial charge in [-0.15, -0.1) is 0 Å². The molecule has 1 aromatic carbocycles. The lowest BCUT2D eigenvalue weighted by atomic mass is 10.1. The number of rotatable bonds is 4. The maximum absolute atomic E-state index is 13.0. The molecule has 2 atom stereocenters. The Kier molecular flexibility index (Phi) is 3.59. The van der Waals surface area contributed by atoms with Crippen LogP contribution in [0.5, 0.6) is 0 Å². The Morgan fingerprint density at radius 2 is 2.11 bits per heavy atom. The molecule has 0 aliphatic carbocycles. The first-order valence-corrected chi connectivity index (χ1v) is 5.44. The zero-order valence-corrected chi connectivity index (χ0v) is 9.63. The molecule has 0 spiro atoms. The van der Waals surface area contributed by atoms with Crippen molar-refractivity contribution >= 4 is 0 Å². The SMILES string of the molecule is Cc1cc([C@H](OC[C@@H]2CO2)C(F)(F)F)ccc1F. The van der Waals surface area contributed by atoms with Crippen molar-refractivity contribution in [2.24, 2.45) is 0 Å². The van der Waals surface area contributed by atoms with Gasteiger partial charge in [0.05, 0.1) is 13.2 Å². The number of epoxide rings is 1. The summed E-state index contributed by atoms with van der Waals surface area (Å²) in [6, 6.07) is 3.26. The number of hydrogen-bond donors (Lipinski definition) is 0. The van der Waals surface area contributed by atoms with Gasteiger partial charge in [0.15, 0.2) is 6.10 Å². The Labute approximate surface area is 102 Å². The fraction of sp³-hybridized carbons (Fsp3) is 0.500. The predicted octanol–water partition coefficient (Wildman–Crippen LogP) is 3.15. The fourth-order valence-electron chi connectivity index (χ4n) is 1.58. The molecule has 0 saturated carbocycles. The van der Waals surface area contributed by atoms with Gasteiger partial charge in [-0.3, -0.25) is 0 Å². The third-order valence-electron chi connectivity index (χ3n) is 2.63. The minimum absolute atomic E-state index is 0.0953. The largest absolute Gasteiger partial charge is 0.418 e. The van der Waals surface area contributed by atoms with Gasteiger partial charge in [0.25, 0.3) is 0 Å². The van der Waals surface area contributed by atoms with Gasteiger partial charge in [-0.05, 0) is 24.1 Å². The summed E-state index contributed by atoms with van der Waals surface area (Å²) in [5, 5.41) is 0. The minimum Gasteiger partial charge on any atom is -0.371 e. The summed E-state index contributed by atoms with van der Waals surface area (Å²) in [5.74, 6) is -0.537. The Morgan fingerprint density at radius 3 is 2.61 bits per heavy atom. The highest BCUT2D eigenvalue weighted by Crippen LogP contribution is 2.37. The van der Waals surface area contributed by atoms with Gasteiger partial charge >= 0.3 is 6.18 Å². The number of benzene rings is 1. The molecule has 1 heterocycles. The second-order valence-corrected chi connectivity index (χ2v) is 4.22. The smallest absolute Gasteiger partial charge is 0.371 e. The van der Waals surface area contributed by atoms with Crippen molar-refractivity contribution in [3.8, 4) is 0 Å². The monoisotopic (exact) mass is 264 g/mol. The van der Waals surface area contributed by atoms with Crippen LogP contribution in [0.2, 0.25) is 0 Å². The third-order valence-corrected chi connectivity index (χ3v) is 2.63. The van der Waals surface area contributed by atoms with Crippen LogP contribution in [0, 0.1) is 12.7 Å². The van der Waals surface area contributed by atoms with Crippen molar-refractivity contribution in [3.63, 3.8) is 0 Å². The molecule has 0 N–H and O–H groups in total. The van der Waals surface area contributed by atoms with Crippen molar-refractivity contribution in [1.29, 1.82) is 0 Å². The van der Waals surface area contributed by atoms with Gasteiger partial charge in [-0.25, -0.2) is 4.39 Å². The molecular formula is C12H12F4O2. The van der Waals surface area contributed by atoms with Crippen LogP contribution in [-0.2, 0) is 9.47 Å². The second-order valence-electron chi connectivity index (χ2n) is 4.22. The van der Waals surface area contributed by atoms with Gasteiger partial charge in [0, 0.05) is 0 Å². The van der Waals surface area contributed by atoms with E-state index in [1.807, 2.05) is 0 Å². The molecule has 0 radical (unpaired) electrons. The van der Waals surface area contributed by atoms with Gasteiger partial charge in [-0.2, -0.15) is 13.2 Å². The predicted molar refractivity (Wildman–Crippen MR) is 55.6 cm³/mol. The summed E-state index contributed by atoms with van der Waals surface area (Å²) in [4.78, 5) is 0. The van der Waals surface area contributed by atoms with Crippen LogP contribution < -0.4 is 0 Å².